The predicted molar refractivity (Wildman–Crippen MR) is 91.8 cm³/mol. The minimum atomic E-state index is -1.82. The largest absolute Gasteiger partial charge is 0.492 e. The first-order valence-corrected chi connectivity index (χ1v) is 8.41. The quantitative estimate of drug-likeness (QED) is 0.553. The van der Waals surface area contributed by atoms with Gasteiger partial charge in [-0.25, -0.2) is 9.59 Å². The maximum Gasteiger partial charge on any atom is 0.414 e. The number of rotatable bonds is 5. The average molecular weight is 425 g/mol. The molecule has 0 aliphatic carbocycles. The van der Waals surface area contributed by atoms with E-state index in [1.807, 2.05) is 18.2 Å². The minimum absolute atomic E-state index is 0.649. The molecule has 1 aliphatic heterocycles. The van der Waals surface area contributed by atoms with Crippen LogP contribution in [0.15, 0.2) is 22.7 Å². The highest BCUT2D eigenvalue weighted by Gasteiger charge is 2.09. The van der Waals surface area contributed by atoms with Crippen molar-refractivity contribution < 1.29 is 29.3 Å². The highest BCUT2D eigenvalue weighted by atomic mass is 79.9. The summed E-state index contributed by atoms with van der Waals surface area (Å²) in [6.45, 7) is 5.49. The Kier molecular flexibility index (Phi) is 9.70. The predicted octanol–water partition coefficient (Wildman–Crippen LogP) is 2.36. The van der Waals surface area contributed by atoms with Crippen LogP contribution in [0.3, 0.4) is 0 Å². The van der Waals surface area contributed by atoms with Gasteiger partial charge >= 0.3 is 11.9 Å². The molecule has 9 heteroatoms. The van der Waals surface area contributed by atoms with E-state index in [0.717, 1.165) is 49.5 Å². The highest BCUT2D eigenvalue weighted by molar-refractivity contribution is 9.10. The van der Waals surface area contributed by atoms with Gasteiger partial charge in [0.05, 0.1) is 24.8 Å². The molecular weight excluding hydrogens is 406 g/mol. The van der Waals surface area contributed by atoms with Crippen LogP contribution in [0.1, 0.15) is 6.42 Å². The Balaban J connectivity index is 0.000000413. The number of carboxylic acids is 2. The maximum atomic E-state index is 9.10. The summed E-state index contributed by atoms with van der Waals surface area (Å²) in [5.41, 5.74) is 0. The van der Waals surface area contributed by atoms with Gasteiger partial charge in [0, 0.05) is 24.1 Å². The van der Waals surface area contributed by atoms with Crippen LogP contribution in [-0.4, -0.2) is 66.5 Å². The van der Waals surface area contributed by atoms with E-state index in [2.05, 4.69) is 20.8 Å². The summed E-state index contributed by atoms with van der Waals surface area (Å²) in [6.07, 6.45) is 1.01. The van der Waals surface area contributed by atoms with E-state index in [-0.39, 0.29) is 0 Å². The Labute approximate surface area is 153 Å². The van der Waals surface area contributed by atoms with Gasteiger partial charge in [-0.15, -0.1) is 0 Å². The molecule has 1 saturated heterocycles. The van der Waals surface area contributed by atoms with E-state index in [9.17, 15) is 0 Å². The molecule has 1 aromatic carbocycles. The summed E-state index contributed by atoms with van der Waals surface area (Å²) in [5.74, 6) is -2.90. The van der Waals surface area contributed by atoms with Gasteiger partial charge in [0.15, 0.2) is 0 Å². The molecule has 2 rings (SSSR count). The molecule has 0 spiro atoms. The number of nitrogens with zero attached hydrogens (tertiary/aromatic N) is 1. The van der Waals surface area contributed by atoms with Crippen molar-refractivity contribution in [2.24, 2.45) is 0 Å². The molecule has 0 aromatic heterocycles. The lowest BCUT2D eigenvalue weighted by Crippen LogP contribution is -2.37. The van der Waals surface area contributed by atoms with Crippen LogP contribution in [0, 0.1) is 0 Å². The number of carbonyl (C=O) groups is 2. The molecule has 24 heavy (non-hydrogen) atoms. The molecule has 7 nitrogen and oxygen atoms in total. The number of hydrogen-bond donors (Lipinski definition) is 2. The molecule has 0 unspecified atom stereocenters. The molecule has 2 N–H and O–H groups in total. The highest BCUT2D eigenvalue weighted by Crippen LogP contribution is 2.27. The molecule has 0 radical (unpaired) electrons. The van der Waals surface area contributed by atoms with Crippen LogP contribution in [0.25, 0.3) is 0 Å². The number of hydrogen-bond acceptors (Lipinski definition) is 5. The fraction of sp³-hybridized carbons (Fsp3) is 0.467. The first-order valence-electron chi connectivity index (χ1n) is 7.24. The van der Waals surface area contributed by atoms with Crippen LogP contribution >= 0.6 is 27.5 Å². The molecule has 0 amide bonds. The molecule has 0 saturated carbocycles. The fourth-order valence-corrected chi connectivity index (χ4v) is 2.62. The van der Waals surface area contributed by atoms with Gasteiger partial charge in [-0.2, -0.15) is 0 Å². The topological polar surface area (TPSA) is 96.3 Å². The molecule has 1 aromatic rings. The summed E-state index contributed by atoms with van der Waals surface area (Å²) in [5, 5.41) is 15.4. The van der Waals surface area contributed by atoms with E-state index < -0.39 is 11.9 Å². The summed E-state index contributed by atoms with van der Waals surface area (Å²) in [4.78, 5) is 20.6. The van der Waals surface area contributed by atoms with Crippen LogP contribution in [0.5, 0.6) is 5.75 Å². The lowest BCUT2D eigenvalue weighted by Gasteiger charge is -2.26. The third-order valence-corrected chi connectivity index (χ3v) is 3.85. The standard InChI is InChI=1S/C13H17BrClNO2.C2H2O4/c14-11-2-3-13(12(15)10-11)18-7-1-4-16-5-8-17-9-6-16;3-1(4)2(5)6/h2-3,10H,1,4-9H2;(H,3,4)(H,5,6). The zero-order chi connectivity index (χ0) is 17.9. The summed E-state index contributed by atoms with van der Waals surface area (Å²) in [6, 6.07) is 5.67. The Hall–Kier alpha value is -1.35. The van der Waals surface area contributed by atoms with Gasteiger partial charge in [0.25, 0.3) is 0 Å². The second kappa shape index (κ2) is 11.2. The number of ether oxygens (including phenoxy) is 2. The smallest absolute Gasteiger partial charge is 0.414 e. The number of benzene rings is 1. The van der Waals surface area contributed by atoms with E-state index in [1.54, 1.807) is 0 Å². The third kappa shape index (κ3) is 8.49. The van der Waals surface area contributed by atoms with E-state index in [1.165, 1.54) is 0 Å². The normalized spacial score (nSPS) is 14.4. The Morgan fingerprint density at radius 3 is 2.42 bits per heavy atom. The SMILES string of the molecule is Clc1cc(Br)ccc1OCCCN1CCOCC1.O=C(O)C(=O)O. The molecule has 134 valence electrons. The Morgan fingerprint density at radius 2 is 1.88 bits per heavy atom. The van der Waals surface area contributed by atoms with Gasteiger partial charge in [-0.1, -0.05) is 27.5 Å². The first-order chi connectivity index (χ1) is 11.4. The lowest BCUT2D eigenvalue weighted by molar-refractivity contribution is -0.159. The van der Waals surface area contributed by atoms with Crippen LogP contribution in [0.4, 0.5) is 0 Å². The monoisotopic (exact) mass is 423 g/mol. The van der Waals surface area contributed by atoms with Crippen molar-refractivity contribution in [3.05, 3.63) is 27.7 Å². The van der Waals surface area contributed by atoms with Gasteiger partial charge in [-0.3, -0.25) is 4.90 Å². The first kappa shape index (κ1) is 20.7. The van der Waals surface area contributed by atoms with Crippen molar-refractivity contribution >= 4 is 39.5 Å². The van der Waals surface area contributed by atoms with Gasteiger partial charge < -0.3 is 19.7 Å². The summed E-state index contributed by atoms with van der Waals surface area (Å²) >= 11 is 9.45. The zero-order valence-corrected chi connectivity index (χ0v) is 15.3. The molecule has 1 fully saturated rings. The summed E-state index contributed by atoms with van der Waals surface area (Å²) < 4.78 is 11.9. The van der Waals surface area contributed by atoms with Crippen molar-refractivity contribution in [3.63, 3.8) is 0 Å². The Morgan fingerprint density at radius 1 is 1.25 bits per heavy atom. The van der Waals surface area contributed by atoms with Crippen LogP contribution in [0.2, 0.25) is 5.02 Å². The third-order valence-electron chi connectivity index (χ3n) is 3.06. The fourth-order valence-electron chi connectivity index (χ4n) is 1.89. The maximum absolute atomic E-state index is 9.10. The zero-order valence-electron chi connectivity index (χ0n) is 12.9. The summed E-state index contributed by atoms with van der Waals surface area (Å²) in [7, 11) is 0. The number of aliphatic carboxylic acids is 2. The lowest BCUT2D eigenvalue weighted by atomic mass is 10.3. The molecule has 1 heterocycles. The van der Waals surface area contributed by atoms with Gasteiger partial charge in [0.1, 0.15) is 5.75 Å². The number of morpholine rings is 1. The average Bonchev–Trinajstić information content (AvgIpc) is 2.54. The van der Waals surface area contributed by atoms with Gasteiger partial charge in [0.2, 0.25) is 0 Å². The van der Waals surface area contributed by atoms with E-state index >= 15 is 0 Å². The van der Waals surface area contributed by atoms with Crippen molar-refractivity contribution in [1.82, 2.24) is 4.90 Å². The second-order valence-corrected chi connectivity index (χ2v) is 6.16. The Bertz CT molecular complexity index is 539. The van der Waals surface area contributed by atoms with E-state index in [0.29, 0.717) is 11.6 Å². The molecule has 0 bridgehead atoms. The van der Waals surface area contributed by atoms with Crippen molar-refractivity contribution in [1.29, 1.82) is 0 Å². The number of halogens is 2. The molecule has 1 aliphatic rings. The molecule has 0 atom stereocenters. The van der Waals surface area contributed by atoms with Crippen molar-refractivity contribution in [2.45, 2.75) is 6.42 Å². The van der Waals surface area contributed by atoms with Crippen molar-refractivity contribution in [3.8, 4) is 5.75 Å². The molecular formula is C15H19BrClNO6. The minimum Gasteiger partial charge on any atom is -0.492 e. The van der Waals surface area contributed by atoms with E-state index in [4.69, 9.17) is 40.9 Å². The van der Waals surface area contributed by atoms with Crippen molar-refractivity contribution in [2.75, 3.05) is 39.5 Å². The van der Waals surface area contributed by atoms with Crippen LogP contribution in [-0.2, 0) is 14.3 Å². The van der Waals surface area contributed by atoms with Gasteiger partial charge in [-0.05, 0) is 24.6 Å². The number of carboxylic acid groups (broad SMARTS) is 2. The van der Waals surface area contributed by atoms with Crippen LogP contribution < -0.4 is 4.74 Å². The second-order valence-electron chi connectivity index (χ2n) is 4.84.